The average molecular weight is 152 g/mol. The van der Waals surface area contributed by atoms with Crippen LogP contribution in [0.3, 0.4) is 0 Å². The van der Waals surface area contributed by atoms with E-state index in [4.69, 9.17) is 5.73 Å². The molecule has 0 aliphatic heterocycles. The van der Waals surface area contributed by atoms with Crippen LogP contribution < -0.4 is 5.73 Å². The molecule has 62 valence electrons. The molecule has 2 unspecified atom stereocenters. The lowest BCUT2D eigenvalue weighted by atomic mass is 10.0. The van der Waals surface area contributed by atoms with Crippen molar-refractivity contribution in [2.24, 2.45) is 5.73 Å². The molecule has 2 atom stereocenters. The maximum Gasteiger partial charge on any atom is 0.0176 e. The number of nitrogens with one attached hydrogen (secondary N) is 1. The van der Waals surface area contributed by atoms with Crippen molar-refractivity contribution in [3.63, 3.8) is 0 Å². The monoisotopic (exact) mass is 152 g/mol. The van der Waals surface area contributed by atoms with Crippen molar-refractivity contribution in [1.82, 2.24) is 4.98 Å². The van der Waals surface area contributed by atoms with Crippen LogP contribution in [0.1, 0.15) is 31.9 Å². The lowest BCUT2D eigenvalue weighted by Gasteiger charge is -2.11. The van der Waals surface area contributed by atoms with Gasteiger partial charge in [0.25, 0.3) is 0 Å². The number of hydrogen-bond acceptors (Lipinski definition) is 1. The van der Waals surface area contributed by atoms with Gasteiger partial charge < -0.3 is 10.7 Å². The van der Waals surface area contributed by atoms with Crippen LogP contribution in [-0.4, -0.2) is 11.0 Å². The van der Waals surface area contributed by atoms with Gasteiger partial charge in [0.1, 0.15) is 0 Å². The van der Waals surface area contributed by atoms with Gasteiger partial charge in [-0.3, -0.25) is 0 Å². The van der Waals surface area contributed by atoms with Gasteiger partial charge in [-0.2, -0.15) is 0 Å². The second kappa shape index (κ2) is 3.58. The molecule has 1 aromatic rings. The van der Waals surface area contributed by atoms with Gasteiger partial charge in [-0.25, -0.2) is 0 Å². The summed E-state index contributed by atoms with van der Waals surface area (Å²) in [5.74, 6) is 0.546. The summed E-state index contributed by atoms with van der Waals surface area (Å²) < 4.78 is 0. The van der Waals surface area contributed by atoms with E-state index in [-0.39, 0.29) is 6.04 Å². The fraction of sp³-hybridized carbons (Fsp3) is 0.556. The third-order valence-corrected chi connectivity index (χ3v) is 1.88. The molecule has 0 aliphatic carbocycles. The second-order valence-corrected chi connectivity index (χ2v) is 3.24. The molecule has 0 radical (unpaired) electrons. The Balaban J connectivity index is 2.49. The lowest BCUT2D eigenvalue weighted by Crippen LogP contribution is -2.17. The minimum atomic E-state index is 0.285. The molecule has 0 saturated heterocycles. The zero-order valence-corrected chi connectivity index (χ0v) is 7.17. The maximum absolute atomic E-state index is 5.69. The Morgan fingerprint density at radius 1 is 1.55 bits per heavy atom. The first-order chi connectivity index (χ1) is 5.20. The SMILES string of the molecule is CC(N)CC(C)c1ccc[nH]1. The molecular formula is C9H16N2. The minimum absolute atomic E-state index is 0.285. The summed E-state index contributed by atoms with van der Waals surface area (Å²) in [5.41, 5.74) is 6.97. The molecule has 1 heterocycles. The Morgan fingerprint density at radius 2 is 2.27 bits per heavy atom. The Kier molecular flexibility index (Phi) is 2.71. The number of aromatic nitrogens is 1. The Labute approximate surface area is 67.8 Å². The van der Waals surface area contributed by atoms with Crippen LogP contribution in [-0.2, 0) is 0 Å². The van der Waals surface area contributed by atoms with Gasteiger partial charge in [-0.05, 0) is 31.4 Å². The summed E-state index contributed by atoms with van der Waals surface area (Å²) in [7, 11) is 0. The van der Waals surface area contributed by atoms with Crippen molar-refractivity contribution in [2.45, 2.75) is 32.2 Å². The molecule has 0 aliphatic rings. The van der Waals surface area contributed by atoms with E-state index < -0.39 is 0 Å². The molecule has 2 nitrogen and oxygen atoms in total. The predicted molar refractivity (Wildman–Crippen MR) is 47.5 cm³/mol. The number of nitrogens with two attached hydrogens (primary N) is 1. The first kappa shape index (κ1) is 8.34. The van der Waals surface area contributed by atoms with Crippen LogP contribution in [0.25, 0.3) is 0 Å². The maximum atomic E-state index is 5.69. The molecule has 3 N–H and O–H groups in total. The van der Waals surface area contributed by atoms with E-state index in [2.05, 4.69) is 18.0 Å². The van der Waals surface area contributed by atoms with E-state index in [1.54, 1.807) is 0 Å². The van der Waals surface area contributed by atoms with Crippen molar-refractivity contribution in [1.29, 1.82) is 0 Å². The van der Waals surface area contributed by atoms with E-state index >= 15 is 0 Å². The van der Waals surface area contributed by atoms with Gasteiger partial charge in [0.15, 0.2) is 0 Å². The molecule has 2 heteroatoms. The summed E-state index contributed by atoms with van der Waals surface area (Å²) in [4.78, 5) is 3.19. The highest BCUT2D eigenvalue weighted by molar-refractivity contribution is 5.08. The van der Waals surface area contributed by atoms with Crippen LogP contribution >= 0.6 is 0 Å². The van der Waals surface area contributed by atoms with Crippen molar-refractivity contribution in [3.05, 3.63) is 24.0 Å². The third-order valence-electron chi connectivity index (χ3n) is 1.88. The quantitative estimate of drug-likeness (QED) is 0.682. The highest BCUT2D eigenvalue weighted by Crippen LogP contribution is 2.17. The molecule has 1 rings (SSSR count). The van der Waals surface area contributed by atoms with Crippen molar-refractivity contribution in [2.75, 3.05) is 0 Å². The van der Waals surface area contributed by atoms with E-state index in [1.807, 2.05) is 19.2 Å². The van der Waals surface area contributed by atoms with E-state index in [0.29, 0.717) is 5.92 Å². The van der Waals surface area contributed by atoms with E-state index in [0.717, 1.165) is 6.42 Å². The van der Waals surface area contributed by atoms with Crippen LogP contribution in [0.2, 0.25) is 0 Å². The average Bonchev–Trinajstić information content (AvgIpc) is 2.35. The highest BCUT2D eigenvalue weighted by atomic mass is 14.7. The number of hydrogen-bond donors (Lipinski definition) is 2. The van der Waals surface area contributed by atoms with Crippen LogP contribution in [0.15, 0.2) is 18.3 Å². The predicted octanol–water partition coefficient (Wildman–Crippen LogP) is 1.86. The number of aromatic amines is 1. The fourth-order valence-corrected chi connectivity index (χ4v) is 1.34. The molecular weight excluding hydrogens is 136 g/mol. The smallest absolute Gasteiger partial charge is 0.0176 e. The fourth-order valence-electron chi connectivity index (χ4n) is 1.34. The van der Waals surface area contributed by atoms with Gasteiger partial charge in [-0.1, -0.05) is 6.92 Å². The topological polar surface area (TPSA) is 41.8 Å². The number of H-pyrrole nitrogens is 1. The second-order valence-electron chi connectivity index (χ2n) is 3.24. The van der Waals surface area contributed by atoms with Gasteiger partial charge in [-0.15, -0.1) is 0 Å². The Bertz CT molecular complexity index is 189. The molecule has 0 spiro atoms. The van der Waals surface area contributed by atoms with Gasteiger partial charge in [0.05, 0.1) is 0 Å². The number of rotatable bonds is 3. The lowest BCUT2D eigenvalue weighted by molar-refractivity contribution is 0.577. The molecule has 11 heavy (non-hydrogen) atoms. The van der Waals surface area contributed by atoms with Gasteiger partial charge in [0, 0.05) is 17.9 Å². The molecule has 1 aromatic heterocycles. The zero-order valence-electron chi connectivity index (χ0n) is 7.17. The van der Waals surface area contributed by atoms with Crippen LogP contribution in [0.4, 0.5) is 0 Å². The first-order valence-corrected chi connectivity index (χ1v) is 4.09. The molecule has 0 bridgehead atoms. The summed E-state index contributed by atoms with van der Waals surface area (Å²) in [6.45, 7) is 4.23. The summed E-state index contributed by atoms with van der Waals surface area (Å²) in [6.07, 6.45) is 2.99. The molecule has 0 fully saturated rings. The zero-order chi connectivity index (χ0) is 8.27. The first-order valence-electron chi connectivity index (χ1n) is 4.09. The van der Waals surface area contributed by atoms with Crippen LogP contribution in [0.5, 0.6) is 0 Å². The van der Waals surface area contributed by atoms with Crippen molar-refractivity contribution >= 4 is 0 Å². The van der Waals surface area contributed by atoms with Crippen LogP contribution in [0, 0.1) is 0 Å². The standard InChI is InChI=1S/C9H16N2/c1-7(6-8(2)10)9-4-3-5-11-9/h3-5,7-8,11H,6,10H2,1-2H3. The van der Waals surface area contributed by atoms with Gasteiger partial charge in [0.2, 0.25) is 0 Å². The Morgan fingerprint density at radius 3 is 2.73 bits per heavy atom. The normalized spacial score (nSPS) is 16.3. The molecule has 0 amide bonds. The third kappa shape index (κ3) is 2.39. The minimum Gasteiger partial charge on any atom is -0.365 e. The highest BCUT2D eigenvalue weighted by Gasteiger charge is 2.07. The summed E-state index contributed by atoms with van der Waals surface area (Å²) >= 11 is 0. The molecule has 0 saturated carbocycles. The van der Waals surface area contributed by atoms with Crippen molar-refractivity contribution in [3.8, 4) is 0 Å². The summed E-state index contributed by atoms with van der Waals surface area (Å²) in [6, 6.07) is 4.41. The Hall–Kier alpha value is -0.760. The molecule has 0 aromatic carbocycles. The van der Waals surface area contributed by atoms with Gasteiger partial charge >= 0.3 is 0 Å². The van der Waals surface area contributed by atoms with Crippen molar-refractivity contribution < 1.29 is 0 Å². The van der Waals surface area contributed by atoms with E-state index in [9.17, 15) is 0 Å². The van der Waals surface area contributed by atoms with E-state index in [1.165, 1.54) is 5.69 Å². The largest absolute Gasteiger partial charge is 0.365 e. The summed E-state index contributed by atoms with van der Waals surface area (Å²) in [5, 5.41) is 0.